The van der Waals surface area contributed by atoms with E-state index in [9.17, 15) is 0 Å². The Balaban J connectivity index is 2.05. The highest BCUT2D eigenvalue weighted by atomic mass is 79.9. The molecule has 2 aromatic rings. The van der Waals surface area contributed by atoms with Gasteiger partial charge >= 0.3 is 0 Å². The fourth-order valence-corrected chi connectivity index (χ4v) is 2.27. The van der Waals surface area contributed by atoms with Gasteiger partial charge in [-0.25, -0.2) is 4.98 Å². The van der Waals surface area contributed by atoms with Gasteiger partial charge in [-0.05, 0) is 50.1 Å². The molecule has 6 heteroatoms. The Hall–Kier alpha value is -1.01. The summed E-state index contributed by atoms with van der Waals surface area (Å²) in [5.41, 5.74) is 0.874. The van der Waals surface area contributed by atoms with Crippen molar-refractivity contribution in [2.45, 2.75) is 6.54 Å². The molecule has 0 fully saturated rings. The summed E-state index contributed by atoms with van der Waals surface area (Å²) in [7, 11) is 0. The molecule has 0 aliphatic heterocycles. The van der Waals surface area contributed by atoms with Crippen LogP contribution in [0.2, 0.25) is 0 Å². The predicted molar refractivity (Wildman–Crippen MR) is 69.0 cm³/mol. The van der Waals surface area contributed by atoms with Crippen LogP contribution in [-0.4, -0.2) is 15.2 Å². The summed E-state index contributed by atoms with van der Waals surface area (Å²) < 4.78 is 1.84. The van der Waals surface area contributed by atoms with Crippen LogP contribution in [0.1, 0.15) is 5.69 Å². The largest absolute Gasteiger partial charge is 0.363 e. The summed E-state index contributed by atoms with van der Waals surface area (Å²) in [5, 5.41) is 11.0. The van der Waals surface area contributed by atoms with Crippen LogP contribution in [0.4, 0.5) is 5.82 Å². The zero-order chi connectivity index (χ0) is 11.4. The highest BCUT2D eigenvalue weighted by Crippen LogP contribution is 2.23. The summed E-state index contributed by atoms with van der Waals surface area (Å²) in [4.78, 5) is 4.24. The second-order valence-electron chi connectivity index (χ2n) is 3.05. The van der Waals surface area contributed by atoms with E-state index in [2.05, 4.69) is 52.4 Å². The fraction of sp³-hybridized carbons (Fsp3) is 0.100. The average Bonchev–Trinajstić information content (AvgIpc) is 2.29. The zero-order valence-corrected chi connectivity index (χ0v) is 11.4. The molecule has 16 heavy (non-hydrogen) atoms. The fourth-order valence-electron chi connectivity index (χ4n) is 1.15. The van der Waals surface area contributed by atoms with Gasteiger partial charge in [-0.2, -0.15) is 10.2 Å². The Bertz CT molecular complexity index is 476. The third kappa shape index (κ3) is 2.99. The molecule has 0 saturated carbocycles. The van der Waals surface area contributed by atoms with Crippen LogP contribution in [0.3, 0.4) is 0 Å². The van der Waals surface area contributed by atoms with Gasteiger partial charge < -0.3 is 5.32 Å². The molecule has 0 aliphatic rings. The Morgan fingerprint density at radius 3 is 2.88 bits per heavy atom. The van der Waals surface area contributed by atoms with Crippen molar-refractivity contribution in [3.05, 3.63) is 45.2 Å². The number of rotatable bonds is 3. The predicted octanol–water partition coefficient (Wildman–Crippen LogP) is 3.01. The van der Waals surface area contributed by atoms with Crippen LogP contribution in [-0.2, 0) is 6.54 Å². The third-order valence-corrected chi connectivity index (χ3v) is 2.91. The van der Waals surface area contributed by atoms with Crippen LogP contribution >= 0.6 is 31.9 Å². The summed E-state index contributed by atoms with van der Waals surface area (Å²) in [6, 6.07) is 5.70. The van der Waals surface area contributed by atoms with Crippen molar-refractivity contribution >= 4 is 37.7 Å². The summed E-state index contributed by atoms with van der Waals surface area (Å²) in [6.07, 6.45) is 3.39. The van der Waals surface area contributed by atoms with E-state index in [1.165, 1.54) is 0 Å². The topological polar surface area (TPSA) is 50.7 Å². The minimum atomic E-state index is 0.598. The number of hydrogen-bond acceptors (Lipinski definition) is 4. The van der Waals surface area contributed by atoms with Crippen LogP contribution < -0.4 is 5.32 Å². The van der Waals surface area contributed by atoms with Crippen LogP contribution in [0.15, 0.2) is 39.5 Å². The van der Waals surface area contributed by atoms with Gasteiger partial charge in [0, 0.05) is 16.9 Å². The monoisotopic (exact) mass is 342 g/mol. The number of aromatic nitrogens is 3. The highest BCUT2D eigenvalue weighted by Gasteiger charge is 2.02. The molecule has 0 saturated heterocycles. The molecule has 0 spiro atoms. The zero-order valence-electron chi connectivity index (χ0n) is 8.19. The van der Waals surface area contributed by atoms with Crippen molar-refractivity contribution in [3.8, 4) is 0 Å². The molecule has 0 amide bonds. The lowest BCUT2D eigenvalue weighted by Crippen LogP contribution is -2.04. The quantitative estimate of drug-likeness (QED) is 0.930. The molecule has 0 unspecified atom stereocenters. The molecule has 1 N–H and O–H groups in total. The van der Waals surface area contributed by atoms with Crippen LogP contribution in [0, 0.1) is 0 Å². The number of halogens is 2. The Kier molecular flexibility index (Phi) is 3.84. The number of nitrogens with one attached hydrogen (secondary N) is 1. The highest BCUT2D eigenvalue weighted by molar-refractivity contribution is 9.11. The lowest BCUT2D eigenvalue weighted by molar-refractivity contribution is 0.920. The van der Waals surface area contributed by atoms with Gasteiger partial charge in [-0.1, -0.05) is 0 Å². The molecule has 0 atom stereocenters. The number of pyridine rings is 1. The number of anilines is 1. The van der Waals surface area contributed by atoms with E-state index in [-0.39, 0.29) is 0 Å². The number of hydrogen-bond donors (Lipinski definition) is 1. The van der Waals surface area contributed by atoms with E-state index in [1.54, 1.807) is 12.4 Å². The Morgan fingerprint density at radius 1 is 1.31 bits per heavy atom. The van der Waals surface area contributed by atoms with E-state index in [0.717, 1.165) is 20.5 Å². The maximum absolute atomic E-state index is 4.24. The van der Waals surface area contributed by atoms with Crippen molar-refractivity contribution in [1.82, 2.24) is 15.2 Å². The summed E-state index contributed by atoms with van der Waals surface area (Å²) >= 11 is 6.78. The molecular weight excluding hydrogens is 336 g/mol. The van der Waals surface area contributed by atoms with E-state index < -0.39 is 0 Å². The first-order valence-electron chi connectivity index (χ1n) is 4.57. The van der Waals surface area contributed by atoms with E-state index in [1.807, 2.05) is 18.2 Å². The molecule has 0 aliphatic carbocycles. The van der Waals surface area contributed by atoms with E-state index >= 15 is 0 Å². The van der Waals surface area contributed by atoms with Gasteiger partial charge in [0.2, 0.25) is 0 Å². The minimum absolute atomic E-state index is 0.598. The standard InChI is InChI=1S/C10H8Br2N4/c11-7-4-9(12)10(13-5-7)14-6-8-2-1-3-15-16-8/h1-5H,6H2,(H,13,14). The Morgan fingerprint density at radius 2 is 2.19 bits per heavy atom. The molecule has 0 bridgehead atoms. The second-order valence-corrected chi connectivity index (χ2v) is 4.82. The van der Waals surface area contributed by atoms with Gasteiger partial charge in [-0.3, -0.25) is 0 Å². The smallest absolute Gasteiger partial charge is 0.140 e. The lowest BCUT2D eigenvalue weighted by atomic mass is 10.4. The van der Waals surface area contributed by atoms with Gasteiger partial charge in [0.05, 0.1) is 16.7 Å². The first-order valence-corrected chi connectivity index (χ1v) is 6.16. The van der Waals surface area contributed by atoms with Crippen LogP contribution in [0.25, 0.3) is 0 Å². The van der Waals surface area contributed by atoms with Crippen LogP contribution in [0.5, 0.6) is 0 Å². The van der Waals surface area contributed by atoms with Gasteiger partial charge in [0.1, 0.15) is 5.82 Å². The molecule has 82 valence electrons. The molecule has 0 radical (unpaired) electrons. The summed E-state index contributed by atoms with van der Waals surface area (Å²) in [6.45, 7) is 0.598. The molecule has 4 nitrogen and oxygen atoms in total. The molecule has 2 heterocycles. The van der Waals surface area contributed by atoms with Gasteiger partial charge in [0.25, 0.3) is 0 Å². The maximum atomic E-state index is 4.24. The SMILES string of the molecule is Brc1cnc(NCc2cccnn2)c(Br)c1. The van der Waals surface area contributed by atoms with Crippen molar-refractivity contribution in [2.24, 2.45) is 0 Å². The average molecular weight is 344 g/mol. The third-order valence-electron chi connectivity index (χ3n) is 1.87. The summed E-state index contributed by atoms with van der Waals surface area (Å²) in [5.74, 6) is 0.786. The molecule has 2 rings (SSSR count). The van der Waals surface area contributed by atoms with Crippen molar-refractivity contribution < 1.29 is 0 Å². The first-order chi connectivity index (χ1) is 7.75. The Labute approximate surface area is 110 Å². The van der Waals surface area contributed by atoms with Crippen molar-refractivity contribution in [2.75, 3.05) is 5.32 Å². The molecular formula is C10H8Br2N4. The van der Waals surface area contributed by atoms with Gasteiger partial charge in [-0.15, -0.1) is 0 Å². The van der Waals surface area contributed by atoms with Gasteiger partial charge in [0.15, 0.2) is 0 Å². The number of nitrogens with zero attached hydrogens (tertiary/aromatic N) is 3. The van der Waals surface area contributed by atoms with E-state index in [4.69, 9.17) is 0 Å². The lowest BCUT2D eigenvalue weighted by Gasteiger charge is -2.06. The minimum Gasteiger partial charge on any atom is -0.363 e. The maximum Gasteiger partial charge on any atom is 0.140 e. The molecule has 0 aromatic carbocycles. The van der Waals surface area contributed by atoms with Crippen molar-refractivity contribution in [3.63, 3.8) is 0 Å². The van der Waals surface area contributed by atoms with E-state index in [0.29, 0.717) is 6.54 Å². The normalized spacial score (nSPS) is 10.1. The first kappa shape index (κ1) is 11.5. The van der Waals surface area contributed by atoms with Crippen molar-refractivity contribution in [1.29, 1.82) is 0 Å². The second kappa shape index (κ2) is 5.36. The molecule has 2 aromatic heterocycles.